The molecule has 11 heteroatoms. The van der Waals surface area contributed by atoms with E-state index in [0.717, 1.165) is 25.7 Å². The SMILES string of the molecule is C=N/C(=C\C(=C/C)CN)S(=O)(=O)C[C@@H]1C[C@@H](C2CCCCC2)CN1S(=O)(=O)N1CCOCC1. The van der Waals surface area contributed by atoms with Gasteiger partial charge in [0, 0.05) is 32.2 Å². The summed E-state index contributed by atoms with van der Waals surface area (Å²) in [5.41, 5.74) is 6.31. The Morgan fingerprint density at radius 1 is 1.12 bits per heavy atom. The molecule has 1 aliphatic carbocycles. The van der Waals surface area contributed by atoms with Crippen LogP contribution in [0, 0.1) is 11.8 Å². The molecule has 3 aliphatic rings. The molecule has 0 unspecified atom stereocenters. The van der Waals surface area contributed by atoms with E-state index >= 15 is 0 Å². The number of ether oxygens (including phenoxy) is 1. The minimum Gasteiger partial charge on any atom is -0.379 e. The van der Waals surface area contributed by atoms with Crippen molar-refractivity contribution in [2.45, 2.75) is 51.5 Å². The molecular formula is C22H38N4O5S2. The summed E-state index contributed by atoms with van der Waals surface area (Å²) in [6, 6.07) is -0.633. The standard InChI is InChI=1S/C22H38N4O5S2/c1-3-18(15-23)13-22(24-2)32(27,28)17-21-14-20(19-7-5-4-6-8-19)16-26(21)33(29,30)25-9-11-31-12-10-25/h3,13,19-21H,2,4-12,14-17,23H2,1H3/b18-3+,22-13+/t20-,21+/m1/s1. The fraction of sp³-hybridized carbons (Fsp3) is 0.773. The molecule has 0 amide bonds. The topological polar surface area (TPSA) is 122 Å². The normalized spacial score (nSPS) is 27.7. The zero-order valence-corrected chi connectivity index (χ0v) is 21.2. The number of hydrogen-bond acceptors (Lipinski definition) is 7. The minimum atomic E-state index is -3.86. The van der Waals surface area contributed by atoms with E-state index in [0.29, 0.717) is 37.7 Å². The summed E-state index contributed by atoms with van der Waals surface area (Å²) in [7, 11) is -7.66. The lowest BCUT2D eigenvalue weighted by Crippen LogP contribution is -2.51. The summed E-state index contributed by atoms with van der Waals surface area (Å²) < 4.78 is 61.9. The molecule has 3 rings (SSSR count). The molecule has 2 saturated heterocycles. The molecule has 2 atom stereocenters. The van der Waals surface area contributed by atoms with E-state index < -0.39 is 26.1 Å². The largest absolute Gasteiger partial charge is 0.379 e. The number of nitrogens with zero attached hydrogens (tertiary/aromatic N) is 3. The van der Waals surface area contributed by atoms with Crippen molar-refractivity contribution < 1.29 is 21.6 Å². The van der Waals surface area contributed by atoms with Gasteiger partial charge in [0.15, 0.2) is 14.9 Å². The van der Waals surface area contributed by atoms with Crippen molar-refractivity contribution in [2.75, 3.05) is 45.1 Å². The van der Waals surface area contributed by atoms with E-state index in [2.05, 4.69) is 11.7 Å². The van der Waals surface area contributed by atoms with Gasteiger partial charge in [0.1, 0.15) is 0 Å². The second kappa shape index (κ2) is 11.5. The quantitative estimate of drug-likeness (QED) is 0.378. The van der Waals surface area contributed by atoms with Crippen LogP contribution in [0.15, 0.2) is 27.7 Å². The maximum atomic E-state index is 13.5. The second-order valence-electron chi connectivity index (χ2n) is 9.13. The smallest absolute Gasteiger partial charge is 0.282 e. The molecule has 2 aliphatic heterocycles. The van der Waals surface area contributed by atoms with Gasteiger partial charge in [-0.05, 0) is 43.5 Å². The van der Waals surface area contributed by atoms with Crippen molar-refractivity contribution in [3.8, 4) is 0 Å². The van der Waals surface area contributed by atoms with Crippen molar-refractivity contribution in [3.63, 3.8) is 0 Å². The summed E-state index contributed by atoms with van der Waals surface area (Å²) in [5, 5.41) is -0.161. The number of morpholine rings is 1. The van der Waals surface area contributed by atoms with Crippen LogP contribution in [0.2, 0.25) is 0 Å². The van der Waals surface area contributed by atoms with E-state index in [-0.39, 0.29) is 36.3 Å². The number of hydrogen-bond donors (Lipinski definition) is 1. The van der Waals surface area contributed by atoms with Crippen molar-refractivity contribution >= 4 is 26.8 Å². The highest BCUT2D eigenvalue weighted by atomic mass is 32.2. The minimum absolute atomic E-state index is 0.161. The molecular weight excluding hydrogens is 464 g/mol. The average molecular weight is 503 g/mol. The number of allylic oxidation sites excluding steroid dienone is 1. The van der Waals surface area contributed by atoms with Gasteiger partial charge < -0.3 is 10.5 Å². The van der Waals surface area contributed by atoms with Crippen LogP contribution in [-0.2, 0) is 24.8 Å². The number of nitrogens with two attached hydrogens (primary N) is 1. The molecule has 2 N–H and O–H groups in total. The Balaban J connectivity index is 1.88. The lowest BCUT2D eigenvalue weighted by atomic mass is 9.79. The van der Waals surface area contributed by atoms with Crippen LogP contribution < -0.4 is 5.73 Å². The molecule has 0 aromatic carbocycles. The molecule has 0 spiro atoms. The van der Waals surface area contributed by atoms with Crippen LogP contribution in [0.25, 0.3) is 0 Å². The van der Waals surface area contributed by atoms with E-state index in [1.807, 2.05) is 0 Å². The first kappa shape index (κ1) is 26.5. The van der Waals surface area contributed by atoms with Crippen LogP contribution >= 0.6 is 0 Å². The Morgan fingerprint density at radius 3 is 2.36 bits per heavy atom. The van der Waals surface area contributed by atoms with Gasteiger partial charge in [0.25, 0.3) is 10.2 Å². The number of sulfone groups is 1. The van der Waals surface area contributed by atoms with Crippen LogP contribution in [0.1, 0.15) is 45.4 Å². The Kier molecular flexibility index (Phi) is 9.27. The Morgan fingerprint density at radius 2 is 1.79 bits per heavy atom. The molecule has 0 radical (unpaired) electrons. The first-order chi connectivity index (χ1) is 15.7. The molecule has 1 saturated carbocycles. The van der Waals surface area contributed by atoms with Gasteiger partial charge >= 0.3 is 0 Å². The summed E-state index contributed by atoms with van der Waals surface area (Å²) in [5.74, 6) is 0.292. The summed E-state index contributed by atoms with van der Waals surface area (Å²) >= 11 is 0. The zero-order valence-electron chi connectivity index (χ0n) is 19.6. The van der Waals surface area contributed by atoms with Crippen molar-refractivity contribution in [2.24, 2.45) is 22.6 Å². The second-order valence-corrected chi connectivity index (χ2v) is 13.0. The molecule has 9 nitrogen and oxygen atoms in total. The van der Waals surface area contributed by atoms with E-state index in [9.17, 15) is 16.8 Å². The van der Waals surface area contributed by atoms with Gasteiger partial charge in [0.2, 0.25) is 0 Å². The zero-order chi connectivity index (χ0) is 24.1. The highest BCUT2D eigenvalue weighted by Gasteiger charge is 2.46. The Labute approximate surface area is 198 Å². The Hall–Kier alpha value is -1.11. The van der Waals surface area contributed by atoms with Crippen LogP contribution in [0.5, 0.6) is 0 Å². The number of aliphatic imine (C=N–C) groups is 1. The van der Waals surface area contributed by atoms with Crippen LogP contribution in [-0.4, -0.2) is 83.4 Å². The van der Waals surface area contributed by atoms with Crippen molar-refractivity contribution in [1.82, 2.24) is 8.61 Å². The lowest BCUT2D eigenvalue weighted by molar-refractivity contribution is 0.0699. The molecule has 0 bridgehead atoms. The predicted octanol–water partition coefficient (Wildman–Crippen LogP) is 1.70. The third kappa shape index (κ3) is 6.32. The molecule has 33 heavy (non-hydrogen) atoms. The lowest BCUT2D eigenvalue weighted by Gasteiger charge is -2.33. The van der Waals surface area contributed by atoms with Crippen LogP contribution in [0.4, 0.5) is 0 Å². The maximum Gasteiger partial charge on any atom is 0.282 e. The molecule has 3 fully saturated rings. The van der Waals surface area contributed by atoms with Gasteiger partial charge in [-0.1, -0.05) is 38.2 Å². The third-order valence-electron chi connectivity index (χ3n) is 7.11. The average Bonchev–Trinajstić information content (AvgIpc) is 3.25. The summed E-state index contributed by atoms with van der Waals surface area (Å²) in [6.45, 7) is 7.02. The molecule has 0 aromatic rings. The monoisotopic (exact) mass is 502 g/mol. The molecule has 0 aromatic heterocycles. The van der Waals surface area contributed by atoms with Crippen molar-refractivity contribution in [3.05, 3.63) is 22.8 Å². The van der Waals surface area contributed by atoms with Gasteiger partial charge in [-0.2, -0.15) is 17.0 Å². The van der Waals surface area contributed by atoms with Gasteiger partial charge in [-0.15, -0.1) is 0 Å². The molecule has 188 valence electrons. The highest BCUT2D eigenvalue weighted by molar-refractivity contribution is 7.95. The van der Waals surface area contributed by atoms with Gasteiger partial charge in [0.05, 0.1) is 19.0 Å². The summed E-state index contributed by atoms with van der Waals surface area (Å²) in [4.78, 5) is 3.76. The number of rotatable bonds is 9. The predicted molar refractivity (Wildman–Crippen MR) is 131 cm³/mol. The first-order valence-corrected chi connectivity index (χ1v) is 14.9. The Bertz CT molecular complexity index is 949. The fourth-order valence-electron chi connectivity index (χ4n) is 5.22. The van der Waals surface area contributed by atoms with Crippen LogP contribution in [0.3, 0.4) is 0 Å². The highest BCUT2D eigenvalue weighted by Crippen LogP contribution is 2.39. The van der Waals surface area contributed by atoms with Gasteiger partial charge in [-0.25, -0.2) is 8.42 Å². The van der Waals surface area contributed by atoms with E-state index in [1.165, 1.54) is 21.1 Å². The molecule has 2 heterocycles. The fourth-order valence-corrected chi connectivity index (χ4v) is 8.66. The van der Waals surface area contributed by atoms with Gasteiger partial charge in [-0.3, -0.25) is 4.99 Å². The van der Waals surface area contributed by atoms with E-state index in [4.69, 9.17) is 10.5 Å². The third-order valence-corrected chi connectivity index (χ3v) is 10.9. The van der Waals surface area contributed by atoms with Crippen molar-refractivity contribution in [1.29, 1.82) is 0 Å². The first-order valence-electron chi connectivity index (χ1n) is 11.8. The maximum absolute atomic E-state index is 13.5. The van der Waals surface area contributed by atoms with E-state index in [1.54, 1.807) is 13.0 Å². The summed E-state index contributed by atoms with van der Waals surface area (Å²) in [6.07, 6.45) is 9.38.